The minimum Gasteiger partial charge on any atom is -0.454 e. The number of nitrogens with zero attached hydrogens (tertiary/aromatic N) is 2. The van der Waals surface area contributed by atoms with E-state index in [1.807, 2.05) is 18.2 Å². The van der Waals surface area contributed by atoms with Gasteiger partial charge in [-0.2, -0.15) is 0 Å². The number of ether oxygens (including phenoxy) is 3. The van der Waals surface area contributed by atoms with Crippen LogP contribution in [0.25, 0.3) is 0 Å². The Kier molecular flexibility index (Phi) is 7.78. The van der Waals surface area contributed by atoms with E-state index in [0.29, 0.717) is 13.3 Å². The third-order valence-electron chi connectivity index (χ3n) is 5.08. The molecule has 146 valence electrons. The maximum atomic E-state index is 5.53. The average Bonchev–Trinajstić information content (AvgIpc) is 3.10. The molecule has 2 aliphatic heterocycles. The number of fused-ring (bicyclic) bond motifs is 1. The van der Waals surface area contributed by atoms with E-state index in [4.69, 9.17) is 14.2 Å². The number of halogens is 1. The van der Waals surface area contributed by atoms with Crippen molar-refractivity contribution in [2.75, 3.05) is 47.7 Å². The summed E-state index contributed by atoms with van der Waals surface area (Å²) >= 11 is 0. The summed E-state index contributed by atoms with van der Waals surface area (Å²) in [5.74, 6) is 2.40. The van der Waals surface area contributed by atoms with Crippen molar-refractivity contribution in [2.45, 2.75) is 24.9 Å². The van der Waals surface area contributed by atoms with Crippen LogP contribution in [0, 0.1) is 0 Å². The van der Waals surface area contributed by atoms with Gasteiger partial charge in [0.25, 0.3) is 0 Å². The highest BCUT2D eigenvalue weighted by Gasteiger charge is 2.34. The van der Waals surface area contributed by atoms with Gasteiger partial charge < -0.3 is 29.7 Å². The summed E-state index contributed by atoms with van der Waals surface area (Å²) in [4.78, 5) is 6.64. The fraction of sp³-hybridized carbons (Fsp3) is 0.611. The van der Waals surface area contributed by atoms with Crippen molar-refractivity contribution in [3.05, 3.63) is 23.8 Å². The topological polar surface area (TPSA) is 67.4 Å². The van der Waals surface area contributed by atoms with Gasteiger partial charge in [-0.15, -0.1) is 24.0 Å². The van der Waals surface area contributed by atoms with Crippen LogP contribution in [0.5, 0.6) is 11.5 Å². The zero-order valence-corrected chi connectivity index (χ0v) is 18.0. The first-order valence-electron chi connectivity index (χ1n) is 8.71. The number of hydrogen-bond donors (Lipinski definition) is 2. The molecular weight excluding hydrogens is 447 g/mol. The second kappa shape index (κ2) is 9.61. The van der Waals surface area contributed by atoms with Crippen LogP contribution in [0.2, 0.25) is 0 Å². The Hall–Kier alpha value is -1.26. The van der Waals surface area contributed by atoms with Crippen LogP contribution in [-0.2, 0) is 11.3 Å². The van der Waals surface area contributed by atoms with Gasteiger partial charge in [-0.25, -0.2) is 0 Å². The predicted octanol–water partition coefficient (Wildman–Crippen LogP) is 1.81. The first-order chi connectivity index (χ1) is 12.1. The van der Waals surface area contributed by atoms with Crippen LogP contribution in [0.3, 0.4) is 0 Å². The molecule has 0 saturated carbocycles. The second-order valence-corrected chi connectivity index (χ2v) is 6.70. The van der Waals surface area contributed by atoms with Crippen molar-refractivity contribution < 1.29 is 14.2 Å². The van der Waals surface area contributed by atoms with Gasteiger partial charge >= 0.3 is 0 Å². The van der Waals surface area contributed by atoms with Gasteiger partial charge in [0.15, 0.2) is 17.5 Å². The lowest BCUT2D eigenvalue weighted by atomic mass is 9.88. The van der Waals surface area contributed by atoms with Gasteiger partial charge in [-0.3, -0.25) is 4.99 Å². The SMILES string of the molecule is CN=C(NCc1ccc2c(c1)OCO2)NCC1(N(C)C)CCOCC1.I. The molecule has 0 aromatic heterocycles. The summed E-state index contributed by atoms with van der Waals surface area (Å²) in [5.41, 5.74) is 1.23. The molecule has 1 saturated heterocycles. The van der Waals surface area contributed by atoms with Crippen molar-refractivity contribution in [1.82, 2.24) is 15.5 Å². The largest absolute Gasteiger partial charge is 0.454 e. The minimum atomic E-state index is 0. The number of hydrogen-bond acceptors (Lipinski definition) is 5. The molecule has 0 spiro atoms. The molecule has 1 aromatic carbocycles. The van der Waals surface area contributed by atoms with Gasteiger partial charge in [0.1, 0.15) is 0 Å². The van der Waals surface area contributed by atoms with E-state index < -0.39 is 0 Å². The number of benzene rings is 1. The number of nitrogens with one attached hydrogen (secondary N) is 2. The van der Waals surface area contributed by atoms with Gasteiger partial charge in [-0.1, -0.05) is 6.07 Å². The summed E-state index contributed by atoms with van der Waals surface area (Å²) in [7, 11) is 6.06. The van der Waals surface area contributed by atoms with Crippen molar-refractivity contribution in [3.63, 3.8) is 0 Å². The van der Waals surface area contributed by atoms with Gasteiger partial charge in [-0.05, 0) is 44.6 Å². The molecule has 1 aromatic rings. The standard InChI is InChI=1S/C18H28N4O3.HI/c1-19-17(21-12-18(22(2)3)6-8-23-9-7-18)20-11-14-4-5-15-16(10-14)25-13-24-15;/h4-5,10H,6-9,11-13H2,1-3H3,(H2,19,20,21);1H. The Morgan fingerprint density at radius 1 is 1.15 bits per heavy atom. The Bertz CT molecular complexity index is 618. The molecule has 2 N–H and O–H groups in total. The Morgan fingerprint density at radius 2 is 1.88 bits per heavy atom. The summed E-state index contributed by atoms with van der Waals surface area (Å²) in [5, 5.41) is 6.83. The third kappa shape index (κ3) is 4.92. The third-order valence-corrected chi connectivity index (χ3v) is 5.08. The monoisotopic (exact) mass is 476 g/mol. The molecule has 8 heteroatoms. The number of rotatable bonds is 5. The molecule has 0 atom stereocenters. The molecule has 3 rings (SSSR count). The van der Waals surface area contributed by atoms with E-state index in [2.05, 4.69) is 34.6 Å². The van der Waals surface area contributed by atoms with Crippen molar-refractivity contribution in [2.24, 2.45) is 4.99 Å². The number of aliphatic imine (C=N–C) groups is 1. The Labute approximate surface area is 172 Å². The van der Waals surface area contributed by atoms with E-state index >= 15 is 0 Å². The molecule has 0 amide bonds. The molecule has 0 bridgehead atoms. The molecular formula is C18H29IN4O3. The van der Waals surface area contributed by atoms with E-state index in [-0.39, 0.29) is 29.5 Å². The fourth-order valence-corrected chi connectivity index (χ4v) is 3.24. The van der Waals surface area contributed by atoms with E-state index in [9.17, 15) is 0 Å². The molecule has 7 nitrogen and oxygen atoms in total. The van der Waals surface area contributed by atoms with Gasteiger partial charge in [0.2, 0.25) is 6.79 Å². The van der Waals surface area contributed by atoms with Crippen LogP contribution < -0.4 is 20.1 Å². The zero-order valence-electron chi connectivity index (χ0n) is 15.7. The highest BCUT2D eigenvalue weighted by molar-refractivity contribution is 14.0. The van der Waals surface area contributed by atoms with Gasteiger partial charge in [0, 0.05) is 38.9 Å². The molecule has 0 aliphatic carbocycles. The van der Waals surface area contributed by atoms with Crippen LogP contribution in [-0.4, -0.2) is 64.1 Å². The quantitative estimate of drug-likeness (QED) is 0.384. The molecule has 2 aliphatic rings. The summed E-state index contributed by atoms with van der Waals surface area (Å²) in [6.07, 6.45) is 2.04. The van der Waals surface area contributed by atoms with Crippen LogP contribution >= 0.6 is 24.0 Å². The summed E-state index contributed by atoms with van der Waals surface area (Å²) in [6, 6.07) is 5.98. The van der Waals surface area contributed by atoms with Crippen LogP contribution in [0.4, 0.5) is 0 Å². The highest BCUT2D eigenvalue weighted by Crippen LogP contribution is 2.32. The molecule has 26 heavy (non-hydrogen) atoms. The second-order valence-electron chi connectivity index (χ2n) is 6.70. The van der Waals surface area contributed by atoms with E-state index in [1.54, 1.807) is 7.05 Å². The normalized spacial score (nSPS) is 18.4. The van der Waals surface area contributed by atoms with Gasteiger partial charge in [0.05, 0.1) is 0 Å². The first-order valence-corrected chi connectivity index (χ1v) is 8.71. The fourth-order valence-electron chi connectivity index (χ4n) is 3.24. The zero-order chi connectivity index (χ0) is 17.7. The first kappa shape index (κ1) is 21.0. The lowest BCUT2D eigenvalue weighted by Gasteiger charge is -2.43. The lowest BCUT2D eigenvalue weighted by Crippen LogP contribution is -2.57. The van der Waals surface area contributed by atoms with Crippen molar-refractivity contribution in [3.8, 4) is 11.5 Å². The smallest absolute Gasteiger partial charge is 0.231 e. The lowest BCUT2D eigenvalue weighted by molar-refractivity contribution is -0.00501. The number of likely N-dealkylation sites (N-methyl/N-ethyl adjacent to an activating group) is 1. The van der Waals surface area contributed by atoms with E-state index in [0.717, 1.165) is 55.6 Å². The summed E-state index contributed by atoms with van der Waals surface area (Å²) < 4.78 is 16.3. The molecule has 2 heterocycles. The number of guanidine groups is 1. The van der Waals surface area contributed by atoms with Crippen LogP contribution in [0.1, 0.15) is 18.4 Å². The highest BCUT2D eigenvalue weighted by atomic mass is 127. The minimum absolute atomic E-state index is 0. The Morgan fingerprint density at radius 3 is 2.58 bits per heavy atom. The molecule has 0 radical (unpaired) electrons. The average molecular weight is 476 g/mol. The maximum absolute atomic E-state index is 5.53. The van der Waals surface area contributed by atoms with E-state index in [1.165, 1.54) is 0 Å². The van der Waals surface area contributed by atoms with Crippen LogP contribution in [0.15, 0.2) is 23.2 Å². The predicted molar refractivity (Wildman–Crippen MR) is 113 cm³/mol. The Balaban J connectivity index is 0.00000243. The summed E-state index contributed by atoms with van der Waals surface area (Å²) in [6.45, 7) is 3.43. The molecule has 1 fully saturated rings. The molecule has 0 unspecified atom stereocenters. The van der Waals surface area contributed by atoms with Crippen molar-refractivity contribution >= 4 is 29.9 Å². The maximum Gasteiger partial charge on any atom is 0.231 e. The van der Waals surface area contributed by atoms with Crippen molar-refractivity contribution in [1.29, 1.82) is 0 Å².